The zero-order valence-electron chi connectivity index (χ0n) is 19.5. The molecule has 2 rings (SSSR count). The zero-order chi connectivity index (χ0) is 24.6. The van der Waals surface area contributed by atoms with E-state index in [0.29, 0.717) is 24.6 Å². The molecule has 9 heteroatoms. The Kier molecular flexibility index (Phi) is 12.2. The minimum atomic E-state index is -0.490. The Balaban J connectivity index is 1.54. The molecule has 184 valence electrons. The number of methoxy groups -OCH3 is 1. The topological polar surface area (TPSA) is 117 Å². The van der Waals surface area contributed by atoms with Gasteiger partial charge in [-0.15, -0.1) is 0 Å². The summed E-state index contributed by atoms with van der Waals surface area (Å²) in [7, 11) is 1.26. The Morgan fingerprint density at radius 2 is 1.56 bits per heavy atom. The molecule has 0 aliphatic heterocycles. The predicted molar refractivity (Wildman–Crippen MR) is 126 cm³/mol. The van der Waals surface area contributed by atoms with Crippen LogP contribution in [0.5, 0.6) is 0 Å². The maximum atomic E-state index is 11.8. The molecule has 34 heavy (non-hydrogen) atoms. The van der Waals surface area contributed by atoms with Gasteiger partial charge in [0, 0.05) is 26.1 Å². The highest BCUT2D eigenvalue weighted by atomic mass is 16.5. The van der Waals surface area contributed by atoms with Gasteiger partial charge < -0.3 is 20.1 Å². The summed E-state index contributed by atoms with van der Waals surface area (Å²) in [4.78, 5) is 34.6. The van der Waals surface area contributed by atoms with Crippen molar-refractivity contribution in [2.75, 3.05) is 20.2 Å². The number of alkyl carbamates (subject to hydrolysis) is 1. The van der Waals surface area contributed by atoms with Crippen molar-refractivity contribution in [2.45, 2.75) is 45.4 Å². The molecule has 0 aliphatic rings. The van der Waals surface area contributed by atoms with E-state index in [1.54, 1.807) is 0 Å². The molecule has 0 atom stereocenters. The zero-order valence-corrected chi connectivity index (χ0v) is 19.5. The predicted octanol–water partition coefficient (Wildman–Crippen LogP) is 3.15. The van der Waals surface area contributed by atoms with Gasteiger partial charge in [0.05, 0.1) is 13.5 Å². The van der Waals surface area contributed by atoms with Crippen LogP contribution in [0.15, 0.2) is 54.6 Å². The molecule has 2 amide bonds. The van der Waals surface area contributed by atoms with Crippen LogP contribution >= 0.6 is 0 Å². The number of carbonyl (C=O) groups is 3. The summed E-state index contributed by atoms with van der Waals surface area (Å²) in [5.74, 6) is -0.966. The number of ether oxygens (including phenoxy) is 2. The van der Waals surface area contributed by atoms with Gasteiger partial charge in [0.2, 0.25) is 5.91 Å². The van der Waals surface area contributed by atoms with Gasteiger partial charge in [-0.05, 0) is 36.1 Å². The van der Waals surface area contributed by atoms with Gasteiger partial charge in [-0.25, -0.2) is 9.86 Å². The standard InChI is InChI=1S/C25H33N3O6/c1-33-24(30)14-13-23(29)28(32)16-6-5-15-26-17-21-9-11-22(12-10-21)19-34-25(31)27-18-20-7-3-2-4-8-20/h2-4,7-12,26,32H,5-6,13-19H2,1H3,(H,27,31). The lowest BCUT2D eigenvalue weighted by molar-refractivity contribution is -0.167. The molecule has 0 saturated carbocycles. The highest BCUT2D eigenvalue weighted by Crippen LogP contribution is 2.07. The number of unbranched alkanes of at least 4 members (excludes halogenated alkanes) is 1. The second-order valence-electron chi connectivity index (χ2n) is 7.71. The molecular formula is C25H33N3O6. The largest absolute Gasteiger partial charge is 0.469 e. The third-order valence-corrected chi connectivity index (χ3v) is 5.03. The Labute approximate surface area is 200 Å². The van der Waals surface area contributed by atoms with Crippen LogP contribution in [-0.2, 0) is 38.8 Å². The average molecular weight is 472 g/mol. The van der Waals surface area contributed by atoms with Crippen LogP contribution < -0.4 is 10.6 Å². The maximum Gasteiger partial charge on any atom is 0.407 e. The Morgan fingerprint density at radius 1 is 0.882 bits per heavy atom. The van der Waals surface area contributed by atoms with Crippen LogP contribution in [0, 0.1) is 0 Å². The molecule has 0 spiro atoms. The number of nitrogens with one attached hydrogen (secondary N) is 2. The fourth-order valence-corrected chi connectivity index (χ4v) is 3.03. The Hall–Kier alpha value is -3.43. The summed E-state index contributed by atoms with van der Waals surface area (Å²) in [6, 6.07) is 17.4. The van der Waals surface area contributed by atoms with Crippen molar-refractivity contribution in [3.8, 4) is 0 Å². The lowest BCUT2D eigenvalue weighted by Gasteiger charge is -2.14. The van der Waals surface area contributed by atoms with Gasteiger partial charge in [0.15, 0.2) is 0 Å². The summed E-state index contributed by atoms with van der Waals surface area (Å²) >= 11 is 0. The maximum absolute atomic E-state index is 11.8. The van der Waals surface area contributed by atoms with E-state index >= 15 is 0 Å². The first-order chi connectivity index (χ1) is 16.5. The van der Waals surface area contributed by atoms with Crippen LogP contribution in [0.3, 0.4) is 0 Å². The number of esters is 1. The van der Waals surface area contributed by atoms with Crippen LogP contribution in [0.2, 0.25) is 0 Å². The smallest absolute Gasteiger partial charge is 0.407 e. The van der Waals surface area contributed by atoms with E-state index in [0.717, 1.165) is 29.7 Å². The molecule has 0 heterocycles. The summed E-state index contributed by atoms with van der Waals surface area (Å²) in [6.45, 7) is 2.25. The second kappa shape index (κ2) is 15.4. The number of benzene rings is 2. The van der Waals surface area contributed by atoms with E-state index in [1.807, 2.05) is 54.6 Å². The van der Waals surface area contributed by atoms with Crippen molar-refractivity contribution in [2.24, 2.45) is 0 Å². The lowest BCUT2D eigenvalue weighted by Crippen LogP contribution is -2.29. The minimum absolute atomic E-state index is 0.0414. The number of nitrogens with zero attached hydrogens (tertiary/aromatic N) is 1. The number of amides is 2. The van der Waals surface area contributed by atoms with E-state index in [1.165, 1.54) is 7.11 Å². The minimum Gasteiger partial charge on any atom is -0.469 e. The summed E-state index contributed by atoms with van der Waals surface area (Å²) in [5, 5.41) is 16.4. The lowest BCUT2D eigenvalue weighted by atomic mass is 10.1. The van der Waals surface area contributed by atoms with Gasteiger partial charge in [-0.3, -0.25) is 14.8 Å². The third-order valence-electron chi connectivity index (χ3n) is 5.03. The van der Waals surface area contributed by atoms with E-state index in [2.05, 4.69) is 15.4 Å². The highest BCUT2D eigenvalue weighted by Gasteiger charge is 2.12. The molecule has 0 fully saturated rings. The molecule has 0 aliphatic carbocycles. The second-order valence-corrected chi connectivity index (χ2v) is 7.71. The van der Waals surface area contributed by atoms with Crippen LogP contribution in [0.25, 0.3) is 0 Å². The van der Waals surface area contributed by atoms with Gasteiger partial charge in [0.25, 0.3) is 0 Å². The number of hydrogen-bond acceptors (Lipinski definition) is 7. The molecule has 0 saturated heterocycles. The van der Waals surface area contributed by atoms with E-state index in [9.17, 15) is 19.6 Å². The van der Waals surface area contributed by atoms with Crippen molar-refractivity contribution in [1.29, 1.82) is 0 Å². The summed E-state index contributed by atoms with van der Waals surface area (Å²) < 4.78 is 9.72. The van der Waals surface area contributed by atoms with E-state index in [4.69, 9.17) is 4.74 Å². The summed E-state index contributed by atoms with van der Waals surface area (Å²) in [6.07, 6.45) is 0.851. The molecule has 0 radical (unpaired) electrons. The van der Waals surface area contributed by atoms with Gasteiger partial charge in [-0.1, -0.05) is 54.6 Å². The molecular weight excluding hydrogens is 438 g/mol. The Bertz CT molecular complexity index is 889. The fraction of sp³-hybridized carbons (Fsp3) is 0.400. The third kappa shape index (κ3) is 10.9. The summed E-state index contributed by atoms with van der Waals surface area (Å²) in [5.41, 5.74) is 3.01. The number of hydroxylamine groups is 2. The number of carbonyl (C=O) groups excluding carboxylic acids is 3. The van der Waals surface area contributed by atoms with Crippen molar-refractivity contribution >= 4 is 18.0 Å². The number of rotatable bonds is 14. The van der Waals surface area contributed by atoms with Crippen molar-refractivity contribution in [1.82, 2.24) is 15.7 Å². The van der Waals surface area contributed by atoms with Crippen molar-refractivity contribution < 1.29 is 29.1 Å². The SMILES string of the molecule is COC(=O)CCC(=O)N(O)CCCCNCc1ccc(COC(=O)NCc2ccccc2)cc1. The molecule has 0 unspecified atom stereocenters. The van der Waals surface area contributed by atoms with Crippen LogP contribution in [-0.4, -0.2) is 48.4 Å². The molecule has 2 aromatic rings. The highest BCUT2D eigenvalue weighted by molar-refractivity contribution is 5.80. The fourth-order valence-electron chi connectivity index (χ4n) is 3.03. The van der Waals surface area contributed by atoms with E-state index < -0.39 is 18.0 Å². The Morgan fingerprint density at radius 3 is 2.26 bits per heavy atom. The number of hydrogen-bond donors (Lipinski definition) is 3. The van der Waals surface area contributed by atoms with Crippen molar-refractivity contribution in [3.05, 3.63) is 71.3 Å². The van der Waals surface area contributed by atoms with Crippen LogP contribution in [0.1, 0.15) is 42.4 Å². The molecule has 3 N–H and O–H groups in total. The van der Waals surface area contributed by atoms with Gasteiger partial charge in [0.1, 0.15) is 6.61 Å². The molecule has 0 aromatic heterocycles. The monoisotopic (exact) mass is 471 g/mol. The first-order valence-electron chi connectivity index (χ1n) is 11.3. The normalized spacial score (nSPS) is 10.4. The molecule has 9 nitrogen and oxygen atoms in total. The first-order valence-corrected chi connectivity index (χ1v) is 11.3. The first kappa shape index (κ1) is 26.8. The average Bonchev–Trinajstić information content (AvgIpc) is 2.87. The molecule has 2 aromatic carbocycles. The molecule has 0 bridgehead atoms. The van der Waals surface area contributed by atoms with Gasteiger partial charge >= 0.3 is 12.1 Å². The van der Waals surface area contributed by atoms with Gasteiger partial charge in [-0.2, -0.15) is 0 Å². The quantitative estimate of drug-likeness (QED) is 0.168. The van der Waals surface area contributed by atoms with Crippen LogP contribution in [0.4, 0.5) is 4.79 Å². The van der Waals surface area contributed by atoms with E-state index in [-0.39, 0.29) is 26.0 Å². The van der Waals surface area contributed by atoms with Crippen molar-refractivity contribution in [3.63, 3.8) is 0 Å².